The van der Waals surface area contributed by atoms with Crippen molar-refractivity contribution in [2.24, 2.45) is 5.92 Å². The van der Waals surface area contributed by atoms with E-state index in [4.69, 9.17) is 0 Å². The van der Waals surface area contributed by atoms with Crippen molar-refractivity contribution < 1.29 is 9.90 Å². The van der Waals surface area contributed by atoms with Gasteiger partial charge in [-0.3, -0.25) is 4.79 Å². The highest BCUT2D eigenvalue weighted by Crippen LogP contribution is 2.26. The molecule has 0 radical (unpaired) electrons. The number of piperidine rings is 1. The number of carbonyl (C=O) groups is 1. The van der Waals surface area contributed by atoms with Gasteiger partial charge in [-0.15, -0.1) is 0 Å². The second kappa shape index (κ2) is 6.48. The molecule has 2 saturated heterocycles. The zero-order chi connectivity index (χ0) is 14.7. The second-order valence-corrected chi connectivity index (χ2v) is 6.27. The predicted molar refractivity (Wildman–Crippen MR) is 82.1 cm³/mol. The summed E-state index contributed by atoms with van der Waals surface area (Å²) in [5.41, 5.74) is 0.889. The third kappa shape index (κ3) is 3.56. The predicted octanol–water partition coefficient (Wildman–Crippen LogP) is 1.93. The van der Waals surface area contributed by atoms with Crippen molar-refractivity contribution in [3.05, 3.63) is 29.8 Å². The monoisotopic (exact) mass is 288 g/mol. The number of amides is 1. The smallest absolute Gasteiger partial charge is 0.226 e. The lowest BCUT2D eigenvalue weighted by molar-refractivity contribution is -0.132. The van der Waals surface area contributed by atoms with Crippen LogP contribution >= 0.6 is 0 Å². The summed E-state index contributed by atoms with van der Waals surface area (Å²) < 4.78 is 0. The maximum absolute atomic E-state index is 12.3. The van der Waals surface area contributed by atoms with E-state index in [9.17, 15) is 9.90 Å². The Morgan fingerprint density at radius 1 is 1.29 bits per heavy atom. The van der Waals surface area contributed by atoms with E-state index in [1.165, 1.54) is 12.8 Å². The average Bonchev–Trinajstić information content (AvgIpc) is 3.01. The molecular weight excluding hydrogens is 264 g/mol. The quantitative estimate of drug-likeness (QED) is 0.893. The summed E-state index contributed by atoms with van der Waals surface area (Å²) in [4.78, 5) is 14.3. The molecule has 1 aromatic carbocycles. The van der Waals surface area contributed by atoms with E-state index in [0.29, 0.717) is 12.5 Å². The van der Waals surface area contributed by atoms with Crippen LogP contribution in [0.5, 0.6) is 5.75 Å². The molecular formula is C17H24N2O2. The van der Waals surface area contributed by atoms with Crippen LogP contribution in [-0.2, 0) is 11.2 Å². The van der Waals surface area contributed by atoms with Gasteiger partial charge >= 0.3 is 0 Å². The molecule has 114 valence electrons. The molecule has 1 unspecified atom stereocenters. The van der Waals surface area contributed by atoms with Crippen molar-refractivity contribution in [2.45, 2.75) is 38.1 Å². The first-order chi connectivity index (χ1) is 10.2. The van der Waals surface area contributed by atoms with E-state index in [1.54, 1.807) is 18.2 Å². The highest BCUT2D eigenvalue weighted by atomic mass is 16.3. The van der Waals surface area contributed by atoms with Gasteiger partial charge in [-0.1, -0.05) is 12.1 Å². The fraction of sp³-hybridized carbons (Fsp3) is 0.588. The number of likely N-dealkylation sites (tertiary alicyclic amines) is 1. The first-order valence-corrected chi connectivity index (χ1v) is 8.01. The molecule has 3 rings (SSSR count). The molecule has 2 N–H and O–H groups in total. The van der Waals surface area contributed by atoms with E-state index in [-0.39, 0.29) is 11.7 Å². The standard InChI is InChI=1S/C17H24N2O2/c20-15-4-1-3-13(11-15)12-17(21)19-9-6-14(7-10-19)16-5-2-8-18-16/h1,3-4,11,14,16,18,20H,2,5-10,12H2. The summed E-state index contributed by atoms with van der Waals surface area (Å²) in [5, 5.41) is 13.0. The summed E-state index contributed by atoms with van der Waals surface area (Å²) in [6.45, 7) is 2.91. The van der Waals surface area contributed by atoms with Crippen LogP contribution in [0, 0.1) is 5.92 Å². The Hall–Kier alpha value is -1.55. The largest absolute Gasteiger partial charge is 0.508 e. The van der Waals surface area contributed by atoms with Gasteiger partial charge in [-0.05, 0) is 55.8 Å². The number of benzene rings is 1. The number of phenolic OH excluding ortho intramolecular Hbond substituents is 1. The Balaban J connectivity index is 1.50. The number of phenols is 1. The summed E-state index contributed by atoms with van der Waals surface area (Å²) >= 11 is 0. The Morgan fingerprint density at radius 3 is 2.76 bits per heavy atom. The summed E-state index contributed by atoms with van der Waals surface area (Å²) in [7, 11) is 0. The van der Waals surface area contributed by atoms with Crippen LogP contribution in [-0.4, -0.2) is 41.6 Å². The van der Waals surface area contributed by atoms with Gasteiger partial charge in [0.2, 0.25) is 5.91 Å². The Kier molecular flexibility index (Phi) is 4.44. The molecule has 2 heterocycles. The highest BCUT2D eigenvalue weighted by molar-refractivity contribution is 5.79. The van der Waals surface area contributed by atoms with Crippen molar-refractivity contribution in [3.8, 4) is 5.75 Å². The molecule has 0 aliphatic carbocycles. The molecule has 1 atom stereocenters. The molecule has 0 saturated carbocycles. The van der Waals surface area contributed by atoms with Crippen LogP contribution in [0.25, 0.3) is 0 Å². The molecule has 1 amide bonds. The van der Waals surface area contributed by atoms with E-state index < -0.39 is 0 Å². The minimum absolute atomic E-state index is 0.179. The Bertz CT molecular complexity index is 489. The van der Waals surface area contributed by atoms with Crippen molar-refractivity contribution >= 4 is 5.91 Å². The first kappa shape index (κ1) is 14.4. The lowest BCUT2D eigenvalue weighted by Crippen LogP contribution is -2.43. The van der Waals surface area contributed by atoms with Gasteiger partial charge in [0.1, 0.15) is 5.75 Å². The lowest BCUT2D eigenvalue weighted by Gasteiger charge is -2.35. The minimum Gasteiger partial charge on any atom is -0.508 e. The molecule has 0 bridgehead atoms. The SMILES string of the molecule is O=C(Cc1cccc(O)c1)N1CCC(C2CCCN2)CC1. The van der Waals surface area contributed by atoms with Crippen LogP contribution in [0.2, 0.25) is 0 Å². The van der Waals surface area contributed by atoms with Crippen molar-refractivity contribution in [1.82, 2.24) is 10.2 Å². The van der Waals surface area contributed by atoms with Crippen LogP contribution in [0.15, 0.2) is 24.3 Å². The number of hydrogen-bond acceptors (Lipinski definition) is 3. The summed E-state index contributed by atoms with van der Waals surface area (Å²) in [6.07, 6.45) is 5.21. The van der Waals surface area contributed by atoms with Crippen LogP contribution in [0.4, 0.5) is 0 Å². The number of carbonyl (C=O) groups excluding carboxylic acids is 1. The lowest BCUT2D eigenvalue weighted by atomic mass is 9.88. The fourth-order valence-corrected chi connectivity index (χ4v) is 3.62. The topological polar surface area (TPSA) is 52.6 Å². The molecule has 1 aromatic rings. The van der Waals surface area contributed by atoms with Crippen LogP contribution in [0.1, 0.15) is 31.2 Å². The zero-order valence-electron chi connectivity index (χ0n) is 12.4. The van der Waals surface area contributed by atoms with E-state index in [1.807, 2.05) is 11.0 Å². The summed E-state index contributed by atoms with van der Waals surface area (Å²) in [6, 6.07) is 7.66. The fourth-order valence-electron chi connectivity index (χ4n) is 3.62. The normalized spacial score (nSPS) is 23.4. The second-order valence-electron chi connectivity index (χ2n) is 6.27. The maximum Gasteiger partial charge on any atom is 0.226 e. The number of aromatic hydroxyl groups is 1. The molecule has 0 spiro atoms. The first-order valence-electron chi connectivity index (χ1n) is 8.01. The number of nitrogens with zero attached hydrogens (tertiary/aromatic N) is 1. The zero-order valence-corrected chi connectivity index (χ0v) is 12.4. The van der Waals surface area contributed by atoms with E-state index in [0.717, 1.165) is 44.0 Å². The Morgan fingerprint density at radius 2 is 2.10 bits per heavy atom. The van der Waals surface area contributed by atoms with Gasteiger partial charge in [0.25, 0.3) is 0 Å². The van der Waals surface area contributed by atoms with Gasteiger partial charge in [0.05, 0.1) is 6.42 Å². The van der Waals surface area contributed by atoms with Gasteiger partial charge < -0.3 is 15.3 Å². The van der Waals surface area contributed by atoms with Crippen molar-refractivity contribution in [1.29, 1.82) is 0 Å². The number of rotatable bonds is 3. The highest BCUT2D eigenvalue weighted by Gasteiger charge is 2.29. The third-order valence-corrected chi connectivity index (χ3v) is 4.83. The minimum atomic E-state index is 0.179. The van der Waals surface area contributed by atoms with Crippen LogP contribution in [0.3, 0.4) is 0 Å². The molecule has 2 fully saturated rings. The van der Waals surface area contributed by atoms with Gasteiger partial charge in [0.15, 0.2) is 0 Å². The molecule has 4 heteroatoms. The third-order valence-electron chi connectivity index (χ3n) is 4.83. The molecule has 0 aromatic heterocycles. The van der Waals surface area contributed by atoms with Crippen LogP contribution < -0.4 is 5.32 Å². The summed E-state index contributed by atoms with van der Waals surface area (Å²) in [5.74, 6) is 1.14. The van der Waals surface area contributed by atoms with Gasteiger partial charge in [0, 0.05) is 19.1 Å². The average molecular weight is 288 g/mol. The number of hydrogen-bond donors (Lipinski definition) is 2. The number of nitrogens with one attached hydrogen (secondary N) is 1. The molecule has 2 aliphatic heterocycles. The van der Waals surface area contributed by atoms with Gasteiger partial charge in [-0.25, -0.2) is 0 Å². The van der Waals surface area contributed by atoms with Crippen molar-refractivity contribution in [2.75, 3.05) is 19.6 Å². The van der Waals surface area contributed by atoms with Crippen molar-refractivity contribution in [3.63, 3.8) is 0 Å². The molecule has 4 nitrogen and oxygen atoms in total. The van der Waals surface area contributed by atoms with E-state index >= 15 is 0 Å². The molecule has 21 heavy (non-hydrogen) atoms. The Labute approximate surface area is 126 Å². The van der Waals surface area contributed by atoms with E-state index in [2.05, 4.69) is 5.32 Å². The van der Waals surface area contributed by atoms with Gasteiger partial charge in [-0.2, -0.15) is 0 Å². The maximum atomic E-state index is 12.3. The molecule has 2 aliphatic rings.